The first-order valence-electron chi connectivity index (χ1n) is 5.96. The number of nitrogens with zero attached hydrogens (tertiary/aromatic N) is 1. The molecule has 2 nitrogen and oxygen atoms in total. The van der Waals surface area contributed by atoms with Crippen LogP contribution in [-0.4, -0.2) is 35.4 Å². The smallest absolute Gasteiger partial charge is 0.0707 e. The summed E-state index contributed by atoms with van der Waals surface area (Å²) in [6.07, 6.45) is 0. The number of rotatable bonds is 7. The van der Waals surface area contributed by atoms with Crippen LogP contribution in [0.1, 0.15) is 19.4 Å². The lowest BCUT2D eigenvalue weighted by atomic mass is 10.2. The molecule has 4 heteroatoms. The first-order chi connectivity index (χ1) is 8.22. The second kappa shape index (κ2) is 7.98. The topological polar surface area (TPSA) is 23.5 Å². The van der Waals surface area contributed by atoms with E-state index in [0.717, 1.165) is 35.8 Å². The Bertz CT molecular complexity index is 342. The van der Waals surface area contributed by atoms with E-state index >= 15 is 0 Å². The van der Waals surface area contributed by atoms with Gasteiger partial charge in [0.1, 0.15) is 0 Å². The lowest BCUT2D eigenvalue weighted by molar-refractivity contribution is 0.279. The summed E-state index contributed by atoms with van der Waals surface area (Å²) < 4.78 is 0. The predicted octanol–water partition coefficient (Wildman–Crippen LogP) is 3.27. The Labute approximate surface area is 113 Å². The van der Waals surface area contributed by atoms with Gasteiger partial charge < -0.3 is 10.0 Å². The van der Waals surface area contributed by atoms with Gasteiger partial charge in [-0.15, -0.1) is 11.8 Å². The van der Waals surface area contributed by atoms with Crippen LogP contribution in [0.2, 0.25) is 5.02 Å². The van der Waals surface area contributed by atoms with E-state index in [9.17, 15) is 5.11 Å². The zero-order valence-electron chi connectivity index (χ0n) is 10.4. The summed E-state index contributed by atoms with van der Waals surface area (Å²) in [5, 5.41) is 9.95. The average Bonchev–Trinajstić information content (AvgIpc) is 2.35. The van der Waals surface area contributed by atoms with E-state index in [2.05, 4.69) is 18.7 Å². The highest BCUT2D eigenvalue weighted by atomic mass is 35.5. The van der Waals surface area contributed by atoms with Crippen LogP contribution in [0.25, 0.3) is 0 Å². The zero-order chi connectivity index (χ0) is 12.7. The van der Waals surface area contributed by atoms with Gasteiger partial charge in [0, 0.05) is 27.8 Å². The molecule has 0 radical (unpaired) electrons. The molecule has 0 saturated heterocycles. The first-order valence-corrected chi connectivity index (χ1v) is 7.32. The van der Waals surface area contributed by atoms with Gasteiger partial charge in [0.15, 0.2) is 0 Å². The number of benzene rings is 1. The van der Waals surface area contributed by atoms with Gasteiger partial charge in [-0.3, -0.25) is 0 Å². The van der Waals surface area contributed by atoms with Crippen LogP contribution < -0.4 is 0 Å². The predicted molar refractivity (Wildman–Crippen MR) is 75.9 cm³/mol. The molecule has 0 amide bonds. The molecular formula is C13H20ClNOS. The SMILES string of the molecule is CCN(CC)CCSc1cccc(Cl)c1CO. The number of thioether (sulfide) groups is 1. The minimum Gasteiger partial charge on any atom is -0.392 e. The third kappa shape index (κ3) is 4.51. The Hall–Kier alpha value is -0.220. The number of halogens is 1. The normalized spacial score (nSPS) is 11.1. The molecule has 1 rings (SSSR count). The Morgan fingerprint density at radius 2 is 2.00 bits per heavy atom. The Morgan fingerprint density at radius 3 is 2.59 bits per heavy atom. The van der Waals surface area contributed by atoms with Gasteiger partial charge in [-0.1, -0.05) is 31.5 Å². The zero-order valence-corrected chi connectivity index (χ0v) is 12.0. The minimum atomic E-state index is 0.00722. The van der Waals surface area contributed by atoms with Crippen LogP contribution in [-0.2, 0) is 6.61 Å². The van der Waals surface area contributed by atoms with E-state index in [1.165, 1.54) is 0 Å². The number of hydrogen-bond donors (Lipinski definition) is 1. The van der Waals surface area contributed by atoms with Gasteiger partial charge in [-0.25, -0.2) is 0 Å². The molecule has 0 aliphatic carbocycles. The molecule has 0 heterocycles. The highest BCUT2D eigenvalue weighted by Gasteiger charge is 2.07. The van der Waals surface area contributed by atoms with Gasteiger partial charge >= 0.3 is 0 Å². The van der Waals surface area contributed by atoms with Crippen LogP contribution in [0, 0.1) is 0 Å². The van der Waals surface area contributed by atoms with Crippen LogP contribution in [0.5, 0.6) is 0 Å². The van der Waals surface area contributed by atoms with Crippen molar-refractivity contribution in [1.82, 2.24) is 4.90 Å². The fraction of sp³-hybridized carbons (Fsp3) is 0.538. The van der Waals surface area contributed by atoms with Crippen molar-refractivity contribution in [1.29, 1.82) is 0 Å². The van der Waals surface area contributed by atoms with E-state index in [4.69, 9.17) is 11.6 Å². The summed E-state index contributed by atoms with van der Waals surface area (Å²) in [5.74, 6) is 1.02. The molecule has 0 spiro atoms. The van der Waals surface area contributed by atoms with Crippen molar-refractivity contribution in [3.05, 3.63) is 28.8 Å². The second-order valence-corrected chi connectivity index (χ2v) is 5.29. The average molecular weight is 274 g/mol. The molecule has 0 aliphatic rings. The lowest BCUT2D eigenvalue weighted by Gasteiger charge is -2.17. The molecule has 17 heavy (non-hydrogen) atoms. The molecular weight excluding hydrogens is 254 g/mol. The van der Waals surface area contributed by atoms with Gasteiger partial charge in [-0.05, 0) is 25.2 Å². The van der Waals surface area contributed by atoms with Crippen molar-refractivity contribution < 1.29 is 5.11 Å². The maximum Gasteiger partial charge on any atom is 0.0707 e. The summed E-state index contributed by atoms with van der Waals surface area (Å²) in [5.41, 5.74) is 0.846. The van der Waals surface area contributed by atoms with Crippen molar-refractivity contribution in [2.75, 3.05) is 25.4 Å². The van der Waals surface area contributed by atoms with Gasteiger partial charge in [-0.2, -0.15) is 0 Å². The van der Waals surface area contributed by atoms with E-state index in [1.54, 1.807) is 11.8 Å². The molecule has 0 saturated carbocycles. The van der Waals surface area contributed by atoms with Crippen molar-refractivity contribution in [2.45, 2.75) is 25.3 Å². The van der Waals surface area contributed by atoms with Crippen molar-refractivity contribution in [3.8, 4) is 0 Å². The summed E-state index contributed by atoms with van der Waals surface area (Å²) >= 11 is 7.80. The van der Waals surface area contributed by atoms with Crippen molar-refractivity contribution in [2.24, 2.45) is 0 Å². The molecule has 1 aromatic carbocycles. The molecule has 1 N–H and O–H groups in total. The molecule has 0 fully saturated rings. The Morgan fingerprint density at radius 1 is 1.29 bits per heavy atom. The Balaban J connectivity index is 2.54. The first kappa shape index (κ1) is 14.8. The summed E-state index contributed by atoms with van der Waals surface area (Å²) in [4.78, 5) is 3.48. The van der Waals surface area contributed by atoms with E-state index in [-0.39, 0.29) is 6.61 Å². The summed E-state index contributed by atoms with van der Waals surface area (Å²) in [7, 11) is 0. The number of aliphatic hydroxyl groups excluding tert-OH is 1. The molecule has 96 valence electrons. The summed E-state index contributed by atoms with van der Waals surface area (Å²) in [6.45, 7) is 7.58. The quantitative estimate of drug-likeness (QED) is 0.772. The number of aliphatic hydroxyl groups is 1. The largest absolute Gasteiger partial charge is 0.392 e. The van der Waals surface area contributed by atoms with Gasteiger partial charge in [0.25, 0.3) is 0 Å². The molecule has 0 aromatic heterocycles. The van der Waals surface area contributed by atoms with Crippen LogP contribution in [0.15, 0.2) is 23.1 Å². The van der Waals surface area contributed by atoms with Crippen molar-refractivity contribution in [3.63, 3.8) is 0 Å². The van der Waals surface area contributed by atoms with E-state index < -0.39 is 0 Å². The molecule has 0 atom stereocenters. The molecule has 0 bridgehead atoms. The highest BCUT2D eigenvalue weighted by molar-refractivity contribution is 7.99. The lowest BCUT2D eigenvalue weighted by Crippen LogP contribution is -2.25. The minimum absolute atomic E-state index is 0.00722. The van der Waals surface area contributed by atoms with Crippen LogP contribution in [0.3, 0.4) is 0 Å². The third-order valence-electron chi connectivity index (χ3n) is 2.79. The fourth-order valence-electron chi connectivity index (χ4n) is 1.65. The maximum atomic E-state index is 9.29. The van der Waals surface area contributed by atoms with Gasteiger partial charge in [0.05, 0.1) is 6.61 Å². The monoisotopic (exact) mass is 273 g/mol. The Kier molecular flexibility index (Phi) is 6.97. The number of hydrogen-bond acceptors (Lipinski definition) is 3. The second-order valence-electron chi connectivity index (χ2n) is 3.75. The molecule has 0 aliphatic heterocycles. The van der Waals surface area contributed by atoms with Gasteiger partial charge in [0.2, 0.25) is 0 Å². The van der Waals surface area contributed by atoms with Crippen LogP contribution in [0.4, 0.5) is 0 Å². The molecule has 1 aromatic rings. The maximum absolute atomic E-state index is 9.29. The fourth-order valence-corrected chi connectivity index (χ4v) is 3.04. The summed E-state index contributed by atoms with van der Waals surface area (Å²) in [6, 6.07) is 5.77. The van der Waals surface area contributed by atoms with Crippen LogP contribution >= 0.6 is 23.4 Å². The highest BCUT2D eigenvalue weighted by Crippen LogP contribution is 2.28. The third-order valence-corrected chi connectivity index (χ3v) is 4.23. The standard InChI is InChI=1S/C13H20ClNOS/c1-3-15(4-2)8-9-17-13-7-5-6-12(14)11(13)10-16/h5-7,16H,3-4,8-10H2,1-2H3. The molecule has 0 unspecified atom stereocenters. The van der Waals surface area contributed by atoms with E-state index in [1.807, 2.05) is 18.2 Å². The van der Waals surface area contributed by atoms with Crippen molar-refractivity contribution >= 4 is 23.4 Å². The van der Waals surface area contributed by atoms with E-state index in [0.29, 0.717) is 5.02 Å².